The van der Waals surface area contributed by atoms with Crippen LogP contribution < -0.4 is 5.32 Å². The minimum Gasteiger partial charge on any atom is -0.478 e. The van der Waals surface area contributed by atoms with Crippen LogP contribution in [0.15, 0.2) is 16.6 Å². The molecule has 1 unspecified atom stereocenters. The predicted octanol–water partition coefficient (Wildman–Crippen LogP) is 3.18. The molecule has 0 aliphatic carbocycles. The van der Waals surface area contributed by atoms with Crippen LogP contribution >= 0.6 is 15.9 Å². The zero-order valence-corrected chi connectivity index (χ0v) is 12.9. The van der Waals surface area contributed by atoms with E-state index in [1.165, 1.54) is 25.0 Å². The van der Waals surface area contributed by atoms with E-state index >= 15 is 0 Å². The summed E-state index contributed by atoms with van der Waals surface area (Å²) in [6.45, 7) is 5.04. The van der Waals surface area contributed by atoms with Crippen molar-refractivity contribution < 1.29 is 14.3 Å². The molecule has 1 aliphatic heterocycles. The summed E-state index contributed by atoms with van der Waals surface area (Å²) in [7, 11) is 0. The van der Waals surface area contributed by atoms with Gasteiger partial charge in [0.25, 0.3) is 0 Å². The van der Waals surface area contributed by atoms with Crippen molar-refractivity contribution >= 4 is 27.6 Å². The van der Waals surface area contributed by atoms with Crippen LogP contribution in [0.25, 0.3) is 0 Å². The number of carboxylic acid groups (broad SMARTS) is 1. The highest BCUT2D eigenvalue weighted by Crippen LogP contribution is 2.27. The van der Waals surface area contributed by atoms with Gasteiger partial charge >= 0.3 is 5.97 Å². The van der Waals surface area contributed by atoms with Gasteiger partial charge in [-0.1, -0.05) is 0 Å². The van der Waals surface area contributed by atoms with Gasteiger partial charge in [0, 0.05) is 12.6 Å². The lowest BCUT2D eigenvalue weighted by Crippen LogP contribution is -2.33. The topological polar surface area (TPSA) is 52.6 Å². The fourth-order valence-corrected chi connectivity index (χ4v) is 3.01. The van der Waals surface area contributed by atoms with Crippen molar-refractivity contribution in [3.63, 3.8) is 0 Å². The van der Waals surface area contributed by atoms with Crippen molar-refractivity contribution in [2.45, 2.75) is 25.8 Å². The van der Waals surface area contributed by atoms with Gasteiger partial charge in [-0.3, -0.25) is 0 Å². The maximum absolute atomic E-state index is 14.1. The lowest BCUT2D eigenvalue weighted by Gasteiger charge is -2.22. The van der Waals surface area contributed by atoms with Gasteiger partial charge in [-0.2, -0.15) is 0 Å². The van der Waals surface area contributed by atoms with Gasteiger partial charge in [0.05, 0.1) is 15.7 Å². The molecule has 1 aromatic rings. The average molecular weight is 345 g/mol. The second-order valence-electron chi connectivity index (χ2n) is 5.15. The number of nitrogens with one attached hydrogen (secondary N) is 1. The van der Waals surface area contributed by atoms with Gasteiger partial charge in [0.2, 0.25) is 0 Å². The van der Waals surface area contributed by atoms with Gasteiger partial charge in [-0.15, -0.1) is 0 Å². The summed E-state index contributed by atoms with van der Waals surface area (Å²) in [4.78, 5) is 13.3. The Kier molecular flexibility index (Phi) is 4.99. The molecule has 1 atom stereocenters. The lowest BCUT2D eigenvalue weighted by molar-refractivity contribution is 0.0695. The van der Waals surface area contributed by atoms with E-state index in [9.17, 15) is 9.18 Å². The number of aromatic carboxylic acids is 1. The molecule has 0 saturated carbocycles. The fourth-order valence-electron chi connectivity index (χ4n) is 2.49. The molecule has 4 nitrogen and oxygen atoms in total. The Bertz CT molecular complexity index is 504. The Labute approximate surface area is 126 Å². The number of rotatable bonds is 5. The molecule has 2 rings (SSSR count). The summed E-state index contributed by atoms with van der Waals surface area (Å²) in [5.41, 5.74) is 0.258. The summed E-state index contributed by atoms with van der Waals surface area (Å²) in [6.07, 6.45) is 2.44. The van der Waals surface area contributed by atoms with Gasteiger partial charge < -0.3 is 15.3 Å². The monoisotopic (exact) mass is 344 g/mol. The lowest BCUT2D eigenvalue weighted by atomic mass is 10.2. The van der Waals surface area contributed by atoms with E-state index in [4.69, 9.17) is 5.11 Å². The first-order valence-corrected chi connectivity index (χ1v) is 7.48. The summed E-state index contributed by atoms with van der Waals surface area (Å²) in [5.74, 6) is -1.70. The van der Waals surface area contributed by atoms with Gasteiger partial charge in [0.1, 0.15) is 0 Å². The molecule has 2 N–H and O–H groups in total. The zero-order valence-electron chi connectivity index (χ0n) is 11.3. The van der Waals surface area contributed by atoms with Crippen molar-refractivity contribution in [3.05, 3.63) is 28.0 Å². The van der Waals surface area contributed by atoms with Crippen LogP contribution in [0.4, 0.5) is 10.1 Å². The summed E-state index contributed by atoms with van der Waals surface area (Å²) in [6, 6.07) is 2.98. The third-order valence-electron chi connectivity index (χ3n) is 3.45. The molecule has 1 aromatic carbocycles. The van der Waals surface area contributed by atoms with Crippen molar-refractivity contribution in [1.29, 1.82) is 0 Å². The molecule has 6 heteroatoms. The Hall–Kier alpha value is -1.14. The van der Waals surface area contributed by atoms with Crippen molar-refractivity contribution in [1.82, 2.24) is 4.90 Å². The van der Waals surface area contributed by atoms with E-state index < -0.39 is 11.8 Å². The van der Waals surface area contributed by atoms with Crippen LogP contribution in [0.2, 0.25) is 0 Å². The molecule has 20 heavy (non-hydrogen) atoms. The first-order valence-electron chi connectivity index (χ1n) is 6.69. The van der Waals surface area contributed by atoms with Crippen LogP contribution in [0.5, 0.6) is 0 Å². The van der Waals surface area contributed by atoms with Crippen LogP contribution in [-0.4, -0.2) is 41.7 Å². The highest BCUT2D eigenvalue weighted by molar-refractivity contribution is 9.10. The molecular weight excluding hydrogens is 327 g/mol. The molecular formula is C14H18BrFN2O2. The molecule has 0 radical (unpaired) electrons. The SMILES string of the molecule is CC(CN1CCCC1)Nc1ccc(C(=O)O)c(Br)c1F. The summed E-state index contributed by atoms with van der Waals surface area (Å²) in [5, 5.41) is 12.0. The normalized spacial score (nSPS) is 17.1. The maximum Gasteiger partial charge on any atom is 0.336 e. The van der Waals surface area contributed by atoms with Crippen LogP contribution in [0, 0.1) is 5.82 Å². The van der Waals surface area contributed by atoms with Gasteiger partial charge in [-0.25, -0.2) is 9.18 Å². The predicted molar refractivity (Wildman–Crippen MR) is 79.8 cm³/mol. The molecule has 110 valence electrons. The number of anilines is 1. The molecule has 1 saturated heterocycles. The first-order chi connectivity index (χ1) is 9.49. The molecule has 1 aliphatic rings. The third-order valence-corrected chi connectivity index (χ3v) is 4.22. The van der Waals surface area contributed by atoms with Crippen LogP contribution in [0.3, 0.4) is 0 Å². The Morgan fingerprint density at radius 3 is 2.75 bits per heavy atom. The van der Waals surface area contributed by atoms with E-state index in [2.05, 4.69) is 26.1 Å². The van der Waals surface area contributed by atoms with E-state index in [-0.39, 0.29) is 16.1 Å². The second-order valence-corrected chi connectivity index (χ2v) is 5.94. The summed E-state index contributed by atoms with van der Waals surface area (Å²) >= 11 is 3.00. The quantitative estimate of drug-likeness (QED) is 0.861. The number of hydrogen-bond donors (Lipinski definition) is 2. The highest BCUT2D eigenvalue weighted by atomic mass is 79.9. The maximum atomic E-state index is 14.1. The number of nitrogens with zero attached hydrogens (tertiary/aromatic N) is 1. The average Bonchev–Trinajstić information content (AvgIpc) is 2.87. The fraction of sp³-hybridized carbons (Fsp3) is 0.500. The number of carboxylic acids is 1. The molecule has 0 bridgehead atoms. The van der Waals surface area contributed by atoms with Crippen molar-refractivity contribution in [2.24, 2.45) is 0 Å². The van der Waals surface area contributed by atoms with E-state index in [0.29, 0.717) is 5.69 Å². The Balaban J connectivity index is 2.05. The number of benzene rings is 1. The van der Waals surface area contributed by atoms with Crippen LogP contribution in [-0.2, 0) is 0 Å². The number of hydrogen-bond acceptors (Lipinski definition) is 3. The Morgan fingerprint density at radius 1 is 1.50 bits per heavy atom. The molecule has 1 fully saturated rings. The largest absolute Gasteiger partial charge is 0.478 e. The van der Waals surface area contributed by atoms with Crippen LogP contribution in [0.1, 0.15) is 30.1 Å². The van der Waals surface area contributed by atoms with E-state index in [1.54, 1.807) is 0 Å². The minimum absolute atomic E-state index is 0.0108. The van der Waals surface area contributed by atoms with Crippen molar-refractivity contribution in [2.75, 3.05) is 25.0 Å². The van der Waals surface area contributed by atoms with E-state index in [1.807, 2.05) is 6.92 Å². The molecule has 0 aromatic heterocycles. The molecule has 0 spiro atoms. The third kappa shape index (κ3) is 3.49. The highest BCUT2D eigenvalue weighted by Gasteiger charge is 2.18. The number of halogens is 2. The minimum atomic E-state index is -1.15. The standard InChI is InChI=1S/C14H18BrFN2O2/c1-9(8-18-6-2-3-7-18)17-11-5-4-10(14(19)20)12(15)13(11)16/h4-5,9,17H,2-3,6-8H2,1H3,(H,19,20). The molecule has 1 heterocycles. The van der Waals surface area contributed by atoms with Crippen molar-refractivity contribution in [3.8, 4) is 0 Å². The Morgan fingerprint density at radius 2 is 2.15 bits per heavy atom. The zero-order chi connectivity index (χ0) is 14.7. The second kappa shape index (κ2) is 6.54. The number of likely N-dealkylation sites (tertiary alicyclic amines) is 1. The van der Waals surface area contributed by atoms with E-state index in [0.717, 1.165) is 19.6 Å². The van der Waals surface area contributed by atoms with Gasteiger partial charge in [-0.05, 0) is 60.9 Å². The van der Waals surface area contributed by atoms with Gasteiger partial charge in [0.15, 0.2) is 5.82 Å². The number of carbonyl (C=O) groups is 1. The smallest absolute Gasteiger partial charge is 0.336 e. The first kappa shape index (κ1) is 15.3. The summed E-state index contributed by atoms with van der Waals surface area (Å²) < 4.78 is 14.1. The molecule has 0 amide bonds.